The minimum Gasteiger partial charge on any atom is -0.479 e. The van der Waals surface area contributed by atoms with Crippen LogP contribution in [0.2, 0.25) is 0 Å². The van der Waals surface area contributed by atoms with Crippen LogP contribution in [0.4, 0.5) is 0 Å². The zero-order chi connectivity index (χ0) is 28.1. The van der Waals surface area contributed by atoms with Crippen LogP contribution in [0.3, 0.4) is 0 Å². The van der Waals surface area contributed by atoms with Gasteiger partial charge in [0, 0.05) is 10.8 Å². The lowest BCUT2D eigenvalue weighted by molar-refractivity contribution is -0.270. The number of carboxylic acid groups (broad SMARTS) is 1. The molecule has 5 unspecified atom stereocenters. The van der Waals surface area contributed by atoms with Crippen LogP contribution < -0.4 is 4.74 Å². The number of aliphatic carboxylic acids is 1. The molecule has 1 heterocycles. The lowest BCUT2D eigenvalue weighted by atomic mass is 9.94. The summed E-state index contributed by atoms with van der Waals surface area (Å²) in [5.74, 6) is -2.36. The van der Waals surface area contributed by atoms with Crippen molar-refractivity contribution in [2.75, 3.05) is 0 Å². The number of ether oxygens (including phenoxy) is 2. The van der Waals surface area contributed by atoms with Crippen LogP contribution in [0.25, 0.3) is 32.3 Å². The van der Waals surface area contributed by atoms with Crippen molar-refractivity contribution in [3.05, 3.63) is 54.4 Å². The Hall–Kier alpha value is -2.97. The van der Waals surface area contributed by atoms with Crippen molar-refractivity contribution in [2.24, 2.45) is 0 Å². The predicted octanol–water partition coefficient (Wildman–Crippen LogP) is 1.85. The zero-order valence-electron chi connectivity index (χ0n) is 23.4. The van der Waals surface area contributed by atoms with Crippen molar-refractivity contribution in [3.8, 4) is 5.75 Å². The molecule has 148 valence electrons. The summed E-state index contributed by atoms with van der Waals surface area (Å²) in [6.45, 7) is 0. The first-order chi connectivity index (χ1) is 17.7. The summed E-state index contributed by atoms with van der Waals surface area (Å²) in [5, 5.41) is 38.3. The zero-order valence-corrected chi connectivity index (χ0v) is 14.4. The van der Waals surface area contributed by atoms with Crippen LogP contribution in [-0.2, 0) is 9.53 Å². The summed E-state index contributed by atoms with van der Waals surface area (Å²) >= 11 is 0. The van der Waals surface area contributed by atoms with E-state index in [2.05, 4.69) is 0 Å². The third-order valence-electron chi connectivity index (χ3n) is 4.83. The van der Waals surface area contributed by atoms with E-state index in [1.54, 1.807) is 0 Å². The molecule has 5 atom stereocenters. The molecule has 7 heteroatoms. The molecule has 4 N–H and O–H groups in total. The molecule has 0 amide bonds. The Morgan fingerprint density at radius 2 is 1.48 bits per heavy atom. The highest BCUT2D eigenvalue weighted by atomic mass is 16.7. The predicted molar refractivity (Wildman–Crippen MR) is 105 cm³/mol. The molecule has 7 nitrogen and oxygen atoms in total. The second-order valence-corrected chi connectivity index (χ2v) is 6.56. The van der Waals surface area contributed by atoms with Crippen molar-refractivity contribution < 1.29 is 47.0 Å². The Kier molecular flexibility index (Phi) is 2.41. The minimum absolute atomic E-state index is 0.134. The molecule has 1 aliphatic heterocycles. The van der Waals surface area contributed by atoms with Gasteiger partial charge in [-0.05, 0) is 33.6 Å². The van der Waals surface area contributed by atoms with Crippen molar-refractivity contribution in [2.45, 2.75) is 30.7 Å². The summed E-state index contributed by atoms with van der Waals surface area (Å²) in [4.78, 5) is 11.5. The number of carbonyl (C=O) groups is 1. The average Bonchev–Trinajstić information content (AvgIpc) is 2.86. The van der Waals surface area contributed by atoms with E-state index in [0.29, 0.717) is 0 Å². The van der Waals surface area contributed by atoms with E-state index in [-0.39, 0.29) is 32.3 Å². The number of aliphatic hydroxyl groups is 3. The number of hydrogen-bond acceptors (Lipinski definition) is 6. The highest BCUT2D eigenvalue weighted by molar-refractivity contribution is 6.24. The summed E-state index contributed by atoms with van der Waals surface area (Å²) in [5.41, 5.74) is 0. The Morgan fingerprint density at radius 1 is 0.862 bits per heavy atom. The summed E-state index contributed by atoms with van der Waals surface area (Å²) in [6.07, 6.45) is -10.2. The maximum absolute atomic E-state index is 11.5. The molecule has 4 aromatic rings. The van der Waals surface area contributed by atoms with Crippen LogP contribution >= 0.6 is 0 Å². The molecule has 0 radical (unpaired) electrons. The molecule has 0 saturated carbocycles. The van der Waals surface area contributed by atoms with Crippen molar-refractivity contribution >= 4 is 38.3 Å². The molecule has 4 aromatic carbocycles. The van der Waals surface area contributed by atoms with Crippen LogP contribution in [-0.4, -0.2) is 57.1 Å². The van der Waals surface area contributed by atoms with Crippen molar-refractivity contribution in [1.82, 2.24) is 0 Å². The number of carboxylic acids is 1. The summed E-state index contributed by atoms with van der Waals surface area (Å²) in [6, 6.07) is -5.75. The molecule has 0 bridgehead atoms. The number of aliphatic hydroxyl groups excluding tert-OH is 3. The molecule has 0 spiro atoms. The third kappa shape index (κ3) is 2.71. The maximum Gasteiger partial charge on any atom is 0.335 e. The van der Waals surface area contributed by atoms with Gasteiger partial charge in [0.15, 0.2) is 6.10 Å². The van der Waals surface area contributed by atoms with Crippen LogP contribution in [0.5, 0.6) is 5.75 Å². The first-order valence-electron chi connectivity index (χ1n) is 13.0. The monoisotopic (exact) mass is 403 g/mol. The molecule has 1 aliphatic rings. The van der Waals surface area contributed by atoms with Gasteiger partial charge in [-0.15, -0.1) is 0 Å². The smallest absolute Gasteiger partial charge is 0.335 e. The molecular weight excluding hydrogens is 376 g/mol. The van der Waals surface area contributed by atoms with E-state index in [1.165, 1.54) is 0 Å². The molecule has 0 aliphatic carbocycles. The van der Waals surface area contributed by atoms with Gasteiger partial charge in [-0.1, -0.05) is 42.3 Å². The topological polar surface area (TPSA) is 116 Å². The Bertz CT molecular complexity index is 1650. The quantitative estimate of drug-likeness (QED) is 0.386. The first kappa shape index (κ1) is 10.7. The lowest BCUT2D eigenvalue weighted by Crippen LogP contribution is -2.61. The summed E-state index contributed by atoms with van der Waals surface area (Å²) in [7, 11) is 0. The second-order valence-electron chi connectivity index (χ2n) is 6.56. The van der Waals surface area contributed by atoms with Gasteiger partial charge in [0.2, 0.25) is 6.29 Å². The van der Waals surface area contributed by atoms with Gasteiger partial charge in [0.05, 0.1) is 12.3 Å². The second kappa shape index (κ2) is 6.53. The van der Waals surface area contributed by atoms with Gasteiger partial charge < -0.3 is 29.9 Å². The lowest BCUT2D eigenvalue weighted by Gasteiger charge is -2.38. The highest BCUT2D eigenvalue weighted by Gasteiger charge is 2.48. The van der Waals surface area contributed by atoms with Gasteiger partial charge in [0.1, 0.15) is 24.1 Å². The highest BCUT2D eigenvalue weighted by Crippen LogP contribution is 2.39. The third-order valence-corrected chi connectivity index (χ3v) is 4.83. The van der Waals surface area contributed by atoms with Gasteiger partial charge >= 0.3 is 5.97 Å². The standard InChI is InChI=1S/C22H18O7/c23-17-18(24)20(21(26)27)29-22(19(17)25)28-14-9-7-12-5-4-10-2-1-3-11-6-8-13(14)16(12)15(10)11/h1-9,17-20,22-25H,(H,26,27)/i1D,2D,3D,4D,5D,6D,7D,8D,9D. The fourth-order valence-corrected chi connectivity index (χ4v) is 3.39. The maximum atomic E-state index is 11.5. The largest absolute Gasteiger partial charge is 0.479 e. The first-order valence-corrected chi connectivity index (χ1v) is 8.49. The van der Waals surface area contributed by atoms with Gasteiger partial charge in [-0.3, -0.25) is 0 Å². The Labute approximate surface area is 177 Å². The van der Waals surface area contributed by atoms with E-state index in [0.717, 1.165) is 0 Å². The van der Waals surface area contributed by atoms with E-state index in [9.17, 15) is 25.2 Å². The van der Waals surface area contributed by atoms with E-state index < -0.39 is 96.8 Å². The molecule has 1 saturated heterocycles. The van der Waals surface area contributed by atoms with Crippen LogP contribution in [0, 0.1) is 0 Å². The van der Waals surface area contributed by atoms with E-state index in [4.69, 9.17) is 21.8 Å². The Balaban J connectivity index is 1.91. The normalized spacial score (nSPS) is 32.0. The fourth-order valence-electron chi connectivity index (χ4n) is 3.39. The van der Waals surface area contributed by atoms with E-state index >= 15 is 0 Å². The van der Waals surface area contributed by atoms with Gasteiger partial charge in [-0.2, -0.15) is 0 Å². The molecule has 0 aromatic heterocycles. The van der Waals surface area contributed by atoms with Gasteiger partial charge in [0.25, 0.3) is 0 Å². The van der Waals surface area contributed by atoms with Crippen LogP contribution in [0.15, 0.2) is 54.4 Å². The van der Waals surface area contributed by atoms with Crippen molar-refractivity contribution in [3.63, 3.8) is 0 Å². The number of rotatable bonds is 3. The molecule has 29 heavy (non-hydrogen) atoms. The summed E-state index contributed by atoms with van der Waals surface area (Å²) < 4.78 is 86.6. The fraction of sp³-hybridized carbons (Fsp3) is 0.227. The van der Waals surface area contributed by atoms with Crippen molar-refractivity contribution in [1.29, 1.82) is 0 Å². The molecule has 1 fully saturated rings. The van der Waals surface area contributed by atoms with E-state index in [1.807, 2.05) is 0 Å². The minimum atomic E-state index is -2.06. The number of benzene rings is 4. The Morgan fingerprint density at radius 3 is 2.17 bits per heavy atom. The SMILES string of the molecule is [2H]c1c([2H])c2c([2H])c([2H])c3c([2H])c([2H])c(OC4OC(C(=O)O)C(O)C(O)C4O)c4c([2H])c([2H])c(c1[2H])c2c34. The average molecular weight is 403 g/mol. The molecular formula is C22H18O7. The van der Waals surface area contributed by atoms with Gasteiger partial charge in [-0.25, -0.2) is 4.79 Å². The number of hydrogen-bond donors (Lipinski definition) is 4. The van der Waals surface area contributed by atoms with Crippen LogP contribution in [0.1, 0.15) is 12.3 Å². The molecule has 5 rings (SSSR count).